The fourth-order valence-electron chi connectivity index (χ4n) is 2.11. The second-order valence-corrected chi connectivity index (χ2v) is 5.81. The highest BCUT2D eigenvalue weighted by Gasteiger charge is 2.13. The highest BCUT2D eigenvalue weighted by molar-refractivity contribution is 6.31. The van der Waals surface area contributed by atoms with Crippen LogP contribution in [-0.2, 0) is 0 Å². The quantitative estimate of drug-likeness (QED) is 0.782. The number of rotatable bonds is 6. The van der Waals surface area contributed by atoms with Gasteiger partial charge in [-0.15, -0.1) is 0 Å². The first-order valence-electron chi connectivity index (χ1n) is 7.83. The Bertz CT molecular complexity index is 747. The number of amides is 2. The molecule has 0 bridgehead atoms. The van der Waals surface area contributed by atoms with Crippen LogP contribution >= 0.6 is 11.6 Å². The number of nitrogens with zero attached hydrogens (tertiary/aromatic N) is 1. The molecule has 0 radical (unpaired) electrons. The average molecular weight is 346 g/mol. The third kappa shape index (κ3) is 4.55. The molecular weight excluding hydrogens is 326 g/mol. The number of pyridine rings is 1. The number of benzene rings is 1. The summed E-state index contributed by atoms with van der Waals surface area (Å²) >= 11 is 6.05. The van der Waals surface area contributed by atoms with Crippen molar-refractivity contribution >= 4 is 29.1 Å². The lowest BCUT2D eigenvalue weighted by Crippen LogP contribution is -2.25. The topological polar surface area (TPSA) is 71.1 Å². The molecule has 6 heteroatoms. The van der Waals surface area contributed by atoms with Crippen molar-refractivity contribution in [1.29, 1.82) is 0 Å². The van der Waals surface area contributed by atoms with Crippen LogP contribution in [0.15, 0.2) is 36.5 Å². The molecule has 0 atom stereocenters. The zero-order valence-corrected chi connectivity index (χ0v) is 14.5. The number of carbonyl (C=O) groups excluding carboxylic acids is 2. The molecule has 0 aliphatic heterocycles. The SMILES string of the molecule is CCCCNC(=O)c1ccnc(C(=O)Nc2cccc(Cl)c2C)c1. The Morgan fingerprint density at radius 1 is 1.21 bits per heavy atom. The number of hydrogen-bond donors (Lipinski definition) is 2. The van der Waals surface area contributed by atoms with Gasteiger partial charge in [0.15, 0.2) is 0 Å². The molecule has 24 heavy (non-hydrogen) atoms. The van der Waals surface area contributed by atoms with Crippen LogP contribution in [-0.4, -0.2) is 23.3 Å². The summed E-state index contributed by atoms with van der Waals surface area (Å²) in [6.07, 6.45) is 3.37. The molecule has 1 heterocycles. The lowest BCUT2D eigenvalue weighted by atomic mass is 10.1. The van der Waals surface area contributed by atoms with Crippen LogP contribution in [0.3, 0.4) is 0 Å². The molecule has 1 aromatic carbocycles. The average Bonchev–Trinajstić information content (AvgIpc) is 2.59. The predicted octanol–water partition coefficient (Wildman–Crippen LogP) is 3.83. The van der Waals surface area contributed by atoms with Gasteiger partial charge < -0.3 is 10.6 Å². The molecule has 126 valence electrons. The Kier molecular flexibility index (Phi) is 6.32. The third-order valence-electron chi connectivity index (χ3n) is 3.59. The molecule has 2 aromatic rings. The van der Waals surface area contributed by atoms with E-state index in [1.807, 2.05) is 6.92 Å². The van der Waals surface area contributed by atoms with Crippen LogP contribution in [0.25, 0.3) is 0 Å². The van der Waals surface area contributed by atoms with Gasteiger partial charge in [0.1, 0.15) is 5.69 Å². The van der Waals surface area contributed by atoms with Crippen LogP contribution in [0.4, 0.5) is 5.69 Å². The van der Waals surface area contributed by atoms with E-state index in [-0.39, 0.29) is 17.5 Å². The summed E-state index contributed by atoms with van der Waals surface area (Å²) in [6, 6.07) is 8.35. The van der Waals surface area contributed by atoms with E-state index >= 15 is 0 Å². The highest BCUT2D eigenvalue weighted by Crippen LogP contribution is 2.23. The maximum atomic E-state index is 12.4. The molecule has 0 spiro atoms. The van der Waals surface area contributed by atoms with Crippen LogP contribution in [0.2, 0.25) is 5.02 Å². The van der Waals surface area contributed by atoms with Crippen molar-refractivity contribution in [2.45, 2.75) is 26.7 Å². The second kappa shape index (κ2) is 8.45. The van der Waals surface area contributed by atoms with Crippen molar-refractivity contribution in [3.63, 3.8) is 0 Å². The van der Waals surface area contributed by atoms with Gasteiger partial charge in [0.2, 0.25) is 0 Å². The van der Waals surface area contributed by atoms with Gasteiger partial charge in [-0.25, -0.2) is 0 Å². The van der Waals surface area contributed by atoms with E-state index in [0.29, 0.717) is 22.8 Å². The Hall–Kier alpha value is -2.40. The molecule has 0 unspecified atom stereocenters. The molecule has 1 aromatic heterocycles. The number of aromatic nitrogens is 1. The minimum atomic E-state index is -0.386. The van der Waals surface area contributed by atoms with Crippen molar-refractivity contribution < 1.29 is 9.59 Å². The maximum Gasteiger partial charge on any atom is 0.274 e. The number of nitrogens with one attached hydrogen (secondary N) is 2. The Labute approximate surface area is 146 Å². The smallest absolute Gasteiger partial charge is 0.274 e. The second-order valence-electron chi connectivity index (χ2n) is 5.41. The lowest BCUT2D eigenvalue weighted by molar-refractivity contribution is 0.0953. The van der Waals surface area contributed by atoms with Crippen molar-refractivity contribution in [1.82, 2.24) is 10.3 Å². The largest absolute Gasteiger partial charge is 0.352 e. The van der Waals surface area contributed by atoms with Gasteiger partial charge in [-0.3, -0.25) is 14.6 Å². The van der Waals surface area contributed by atoms with Gasteiger partial charge in [0.25, 0.3) is 11.8 Å². The molecule has 0 saturated heterocycles. The summed E-state index contributed by atoms with van der Waals surface area (Å²) in [5.41, 5.74) is 1.99. The van der Waals surface area contributed by atoms with E-state index in [9.17, 15) is 9.59 Å². The fourth-order valence-corrected chi connectivity index (χ4v) is 2.28. The van der Waals surface area contributed by atoms with Crippen molar-refractivity contribution in [3.8, 4) is 0 Å². The molecule has 2 rings (SSSR count). The molecule has 0 aliphatic carbocycles. The summed E-state index contributed by atoms with van der Waals surface area (Å²) in [5.74, 6) is -0.595. The van der Waals surface area contributed by atoms with Gasteiger partial charge in [0, 0.05) is 29.0 Å². The van der Waals surface area contributed by atoms with Gasteiger partial charge in [-0.1, -0.05) is 31.0 Å². The molecule has 5 nitrogen and oxygen atoms in total. The first-order valence-corrected chi connectivity index (χ1v) is 8.21. The minimum absolute atomic E-state index is 0.178. The number of halogens is 1. The third-order valence-corrected chi connectivity index (χ3v) is 4.00. The number of hydrogen-bond acceptors (Lipinski definition) is 3. The molecular formula is C18H20ClN3O2. The highest BCUT2D eigenvalue weighted by atomic mass is 35.5. The Morgan fingerprint density at radius 3 is 2.75 bits per heavy atom. The molecule has 2 N–H and O–H groups in total. The first kappa shape index (κ1) is 17.9. The normalized spacial score (nSPS) is 10.3. The zero-order chi connectivity index (χ0) is 17.5. The number of unbranched alkanes of at least 4 members (excludes halogenated alkanes) is 1. The first-order chi connectivity index (χ1) is 11.5. The standard InChI is InChI=1S/C18H20ClN3O2/c1-3-4-9-21-17(23)13-8-10-20-16(11-13)18(24)22-15-7-5-6-14(19)12(15)2/h5-8,10-11H,3-4,9H2,1-2H3,(H,21,23)(H,22,24). The van der Waals surface area contributed by atoms with E-state index in [1.54, 1.807) is 24.3 Å². The van der Waals surface area contributed by atoms with Crippen LogP contribution in [0.1, 0.15) is 46.2 Å². The van der Waals surface area contributed by atoms with Crippen LogP contribution < -0.4 is 10.6 Å². The number of anilines is 1. The number of carbonyl (C=O) groups is 2. The zero-order valence-electron chi connectivity index (χ0n) is 13.7. The summed E-state index contributed by atoms with van der Waals surface area (Å²) in [6.45, 7) is 4.49. The Balaban J connectivity index is 2.11. The summed E-state index contributed by atoms with van der Waals surface area (Å²) < 4.78 is 0. The predicted molar refractivity (Wildman–Crippen MR) is 95.6 cm³/mol. The molecule has 0 saturated carbocycles. The van der Waals surface area contributed by atoms with Crippen LogP contribution in [0.5, 0.6) is 0 Å². The molecule has 0 aliphatic rings. The van der Waals surface area contributed by atoms with Crippen molar-refractivity contribution in [2.75, 3.05) is 11.9 Å². The monoisotopic (exact) mass is 345 g/mol. The van der Waals surface area contributed by atoms with Crippen molar-refractivity contribution in [2.24, 2.45) is 0 Å². The minimum Gasteiger partial charge on any atom is -0.352 e. The fraction of sp³-hybridized carbons (Fsp3) is 0.278. The van der Waals surface area contributed by atoms with Gasteiger partial charge in [-0.2, -0.15) is 0 Å². The summed E-state index contributed by atoms with van der Waals surface area (Å²) in [4.78, 5) is 28.5. The summed E-state index contributed by atoms with van der Waals surface area (Å²) in [5, 5.41) is 6.16. The van der Waals surface area contributed by atoms with E-state index in [2.05, 4.69) is 22.5 Å². The lowest BCUT2D eigenvalue weighted by Gasteiger charge is -2.10. The van der Waals surface area contributed by atoms with Gasteiger partial charge in [0.05, 0.1) is 0 Å². The van der Waals surface area contributed by atoms with E-state index in [4.69, 9.17) is 11.6 Å². The molecule has 0 fully saturated rings. The van der Waals surface area contributed by atoms with Gasteiger partial charge in [-0.05, 0) is 43.2 Å². The Morgan fingerprint density at radius 2 is 2.00 bits per heavy atom. The maximum absolute atomic E-state index is 12.4. The van der Waals surface area contributed by atoms with E-state index < -0.39 is 0 Å². The van der Waals surface area contributed by atoms with E-state index in [1.165, 1.54) is 12.3 Å². The van der Waals surface area contributed by atoms with Gasteiger partial charge >= 0.3 is 0 Å². The summed E-state index contributed by atoms with van der Waals surface area (Å²) in [7, 11) is 0. The molecule has 2 amide bonds. The van der Waals surface area contributed by atoms with E-state index in [0.717, 1.165) is 18.4 Å². The van der Waals surface area contributed by atoms with Crippen LogP contribution in [0, 0.1) is 6.92 Å². The van der Waals surface area contributed by atoms with Crippen molar-refractivity contribution in [3.05, 3.63) is 58.4 Å².